The van der Waals surface area contributed by atoms with E-state index in [1.807, 2.05) is 10.6 Å². The van der Waals surface area contributed by atoms with Crippen molar-refractivity contribution in [3.8, 4) is 5.69 Å². The van der Waals surface area contributed by atoms with E-state index in [0.717, 1.165) is 23.3 Å². The number of aromatic nitrogens is 2. The maximum Gasteiger partial charge on any atom is 0.416 e. The number of benzene rings is 2. The second-order valence-electron chi connectivity index (χ2n) is 6.61. The van der Waals surface area contributed by atoms with E-state index in [1.54, 1.807) is 48.8 Å². The van der Waals surface area contributed by atoms with Crippen molar-refractivity contribution in [1.82, 2.24) is 9.55 Å². The molecule has 0 unspecified atom stereocenters. The van der Waals surface area contributed by atoms with Gasteiger partial charge in [0.25, 0.3) is 0 Å². The van der Waals surface area contributed by atoms with Crippen LogP contribution in [0.25, 0.3) is 16.6 Å². The van der Waals surface area contributed by atoms with E-state index in [0.29, 0.717) is 16.6 Å². The number of carboxylic acids is 1. The van der Waals surface area contributed by atoms with Crippen molar-refractivity contribution in [2.75, 3.05) is 0 Å². The number of alkyl halides is 3. The van der Waals surface area contributed by atoms with Crippen LogP contribution in [0.4, 0.5) is 13.2 Å². The fourth-order valence-electron chi connectivity index (χ4n) is 3.36. The number of halogens is 3. The molecule has 29 heavy (non-hydrogen) atoms. The van der Waals surface area contributed by atoms with E-state index in [1.165, 1.54) is 6.07 Å². The Kier molecular flexibility index (Phi) is 4.58. The zero-order valence-corrected chi connectivity index (χ0v) is 15.0. The van der Waals surface area contributed by atoms with E-state index < -0.39 is 17.7 Å². The van der Waals surface area contributed by atoms with Gasteiger partial charge >= 0.3 is 12.1 Å². The monoisotopic (exact) mass is 396 g/mol. The molecule has 0 bridgehead atoms. The first kappa shape index (κ1) is 18.7. The molecule has 0 radical (unpaired) electrons. The number of rotatable bonds is 4. The van der Waals surface area contributed by atoms with E-state index in [-0.39, 0.29) is 12.0 Å². The van der Waals surface area contributed by atoms with Gasteiger partial charge in [-0.1, -0.05) is 24.3 Å². The number of carboxylic acid groups (broad SMARTS) is 1. The summed E-state index contributed by atoms with van der Waals surface area (Å²) in [6.07, 6.45) is -0.791. The summed E-state index contributed by atoms with van der Waals surface area (Å²) in [4.78, 5) is 15.7. The third-order valence-corrected chi connectivity index (χ3v) is 4.68. The van der Waals surface area contributed by atoms with Gasteiger partial charge in [0.2, 0.25) is 0 Å². The molecule has 0 spiro atoms. The molecule has 2 aromatic heterocycles. The highest BCUT2D eigenvalue weighted by Gasteiger charge is 2.30. The Labute approximate surface area is 163 Å². The van der Waals surface area contributed by atoms with Gasteiger partial charge < -0.3 is 9.67 Å². The normalized spacial score (nSPS) is 11.7. The first-order valence-electron chi connectivity index (χ1n) is 8.78. The van der Waals surface area contributed by atoms with Crippen LogP contribution in [0.5, 0.6) is 0 Å². The maximum atomic E-state index is 12.9. The summed E-state index contributed by atoms with van der Waals surface area (Å²) in [7, 11) is 0. The molecule has 146 valence electrons. The Hall–Kier alpha value is -3.61. The molecule has 2 aromatic carbocycles. The van der Waals surface area contributed by atoms with E-state index in [9.17, 15) is 23.1 Å². The summed E-state index contributed by atoms with van der Waals surface area (Å²) in [5.74, 6) is -1.01. The van der Waals surface area contributed by atoms with Crippen LogP contribution < -0.4 is 0 Å². The van der Waals surface area contributed by atoms with Crippen molar-refractivity contribution >= 4 is 16.9 Å². The van der Waals surface area contributed by atoms with E-state index in [2.05, 4.69) is 4.98 Å². The number of hydrogen-bond donors (Lipinski definition) is 1. The minimum Gasteiger partial charge on any atom is -0.478 e. The van der Waals surface area contributed by atoms with Crippen LogP contribution in [-0.2, 0) is 12.6 Å². The number of fused-ring (bicyclic) bond motifs is 1. The van der Waals surface area contributed by atoms with E-state index >= 15 is 0 Å². The van der Waals surface area contributed by atoms with Crippen LogP contribution in [0.3, 0.4) is 0 Å². The van der Waals surface area contributed by atoms with Crippen molar-refractivity contribution in [3.63, 3.8) is 0 Å². The fraction of sp³-hybridized carbons (Fsp3) is 0.0909. The third-order valence-electron chi connectivity index (χ3n) is 4.68. The molecule has 0 saturated carbocycles. The first-order valence-corrected chi connectivity index (χ1v) is 8.78. The van der Waals surface area contributed by atoms with Gasteiger partial charge in [0, 0.05) is 35.6 Å². The smallest absolute Gasteiger partial charge is 0.416 e. The number of carbonyl (C=O) groups is 1. The van der Waals surface area contributed by atoms with Crippen molar-refractivity contribution < 1.29 is 23.1 Å². The predicted octanol–water partition coefficient (Wildman–Crippen LogP) is 5.33. The van der Waals surface area contributed by atoms with Gasteiger partial charge in [-0.05, 0) is 42.0 Å². The number of aromatic carboxylic acids is 1. The van der Waals surface area contributed by atoms with Crippen LogP contribution in [-0.4, -0.2) is 20.6 Å². The summed E-state index contributed by atoms with van der Waals surface area (Å²) >= 11 is 0. The minimum absolute atomic E-state index is 0.208. The molecule has 4 nitrogen and oxygen atoms in total. The third kappa shape index (κ3) is 3.71. The van der Waals surface area contributed by atoms with Gasteiger partial charge in [-0.3, -0.25) is 4.98 Å². The Morgan fingerprint density at radius 2 is 1.83 bits per heavy atom. The second-order valence-corrected chi connectivity index (χ2v) is 6.61. The summed E-state index contributed by atoms with van der Waals surface area (Å²) in [5, 5.41) is 9.96. The standard InChI is InChI=1S/C22H15F3N2O2/c23-22(24,25)15-4-1-3-14(11-15)12-16-13-17(7-9-26-16)27-10-8-18-19(21(28)29)5-2-6-20(18)27/h1-11,13H,12H2,(H,28,29). The van der Waals surface area contributed by atoms with Crippen molar-refractivity contribution in [2.24, 2.45) is 0 Å². The van der Waals surface area contributed by atoms with Crippen molar-refractivity contribution in [1.29, 1.82) is 0 Å². The molecule has 7 heteroatoms. The quantitative estimate of drug-likeness (QED) is 0.507. The zero-order valence-electron chi connectivity index (χ0n) is 15.0. The Bertz CT molecular complexity index is 1210. The Morgan fingerprint density at radius 1 is 1.03 bits per heavy atom. The molecule has 0 amide bonds. The summed E-state index contributed by atoms with van der Waals surface area (Å²) in [5.41, 5.74) is 2.11. The molecule has 0 saturated heterocycles. The number of hydrogen-bond acceptors (Lipinski definition) is 2. The van der Waals surface area contributed by atoms with Crippen LogP contribution in [0.15, 0.2) is 73.1 Å². The molecule has 2 heterocycles. The van der Waals surface area contributed by atoms with Gasteiger partial charge in [0.15, 0.2) is 0 Å². The van der Waals surface area contributed by atoms with Crippen LogP contribution >= 0.6 is 0 Å². The average Bonchev–Trinajstić information content (AvgIpc) is 3.12. The van der Waals surface area contributed by atoms with Gasteiger partial charge in [-0.2, -0.15) is 13.2 Å². The Balaban J connectivity index is 1.70. The summed E-state index contributed by atoms with van der Waals surface area (Å²) in [6, 6.07) is 15.5. The molecule has 0 fully saturated rings. The predicted molar refractivity (Wildman–Crippen MR) is 102 cm³/mol. The van der Waals surface area contributed by atoms with Gasteiger partial charge in [-0.25, -0.2) is 4.79 Å². The lowest BCUT2D eigenvalue weighted by Crippen LogP contribution is -2.05. The van der Waals surface area contributed by atoms with Crippen LogP contribution in [0, 0.1) is 0 Å². The van der Waals surface area contributed by atoms with Gasteiger partial charge in [-0.15, -0.1) is 0 Å². The Morgan fingerprint density at radius 3 is 2.59 bits per heavy atom. The fourth-order valence-corrected chi connectivity index (χ4v) is 3.36. The lowest BCUT2D eigenvalue weighted by molar-refractivity contribution is -0.137. The van der Waals surface area contributed by atoms with Crippen molar-refractivity contribution in [2.45, 2.75) is 12.6 Å². The van der Waals surface area contributed by atoms with Gasteiger partial charge in [0.05, 0.1) is 16.6 Å². The highest BCUT2D eigenvalue weighted by Crippen LogP contribution is 2.30. The number of nitrogens with zero attached hydrogens (tertiary/aromatic N) is 2. The molecule has 1 N–H and O–H groups in total. The molecular formula is C22H15F3N2O2. The highest BCUT2D eigenvalue weighted by atomic mass is 19.4. The van der Waals surface area contributed by atoms with Gasteiger partial charge in [0.1, 0.15) is 0 Å². The summed E-state index contributed by atoms with van der Waals surface area (Å²) < 4.78 is 40.6. The lowest BCUT2D eigenvalue weighted by atomic mass is 10.1. The topological polar surface area (TPSA) is 55.1 Å². The molecule has 0 atom stereocenters. The zero-order chi connectivity index (χ0) is 20.6. The van der Waals surface area contributed by atoms with Crippen LogP contribution in [0.2, 0.25) is 0 Å². The lowest BCUT2D eigenvalue weighted by Gasteiger charge is -2.10. The van der Waals surface area contributed by atoms with E-state index in [4.69, 9.17) is 0 Å². The second kappa shape index (κ2) is 7.09. The average molecular weight is 396 g/mol. The minimum atomic E-state index is -4.39. The highest BCUT2D eigenvalue weighted by molar-refractivity contribution is 6.03. The van der Waals surface area contributed by atoms with Crippen molar-refractivity contribution in [3.05, 3.63) is 95.4 Å². The SMILES string of the molecule is O=C(O)c1cccc2c1ccn2-c1ccnc(Cc2cccc(C(F)(F)F)c2)c1. The molecule has 4 rings (SSSR count). The molecule has 0 aliphatic carbocycles. The molecular weight excluding hydrogens is 381 g/mol. The van der Waals surface area contributed by atoms with Crippen LogP contribution in [0.1, 0.15) is 27.2 Å². The first-order chi connectivity index (χ1) is 13.8. The summed E-state index contributed by atoms with van der Waals surface area (Å²) in [6.45, 7) is 0. The largest absolute Gasteiger partial charge is 0.478 e. The molecule has 0 aliphatic heterocycles. The maximum absolute atomic E-state index is 12.9. The number of pyridine rings is 1. The molecule has 0 aliphatic rings. The molecule has 4 aromatic rings.